The second-order valence-corrected chi connectivity index (χ2v) is 8.12. The molecule has 4 bridgehead atoms. The van der Waals surface area contributed by atoms with E-state index in [0.717, 1.165) is 31.1 Å². The van der Waals surface area contributed by atoms with E-state index in [0.29, 0.717) is 30.3 Å². The minimum absolute atomic E-state index is 0.191. The van der Waals surface area contributed by atoms with Crippen molar-refractivity contribution in [2.45, 2.75) is 39.5 Å². The zero-order valence-corrected chi connectivity index (χ0v) is 14.0. The van der Waals surface area contributed by atoms with Crippen LogP contribution in [-0.4, -0.2) is 25.2 Å². The lowest BCUT2D eigenvalue weighted by Gasteiger charge is -2.41. The number of ether oxygens (including phenoxy) is 2. The summed E-state index contributed by atoms with van der Waals surface area (Å²) < 4.78 is 10.3. The third-order valence-electron chi connectivity index (χ3n) is 6.91. The van der Waals surface area contributed by atoms with Crippen LogP contribution < -0.4 is 0 Å². The van der Waals surface area contributed by atoms with E-state index in [2.05, 4.69) is 19.1 Å². The Labute approximate surface area is 137 Å². The van der Waals surface area contributed by atoms with Crippen LogP contribution >= 0.6 is 0 Å². The zero-order chi connectivity index (χ0) is 16.2. The Balaban J connectivity index is 1.41. The van der Waals surface area contributed by atoms with Crippen molar-refractivity contribution in [3.05, 3.63) is 12.2 Å². The number of hydrogen-bond donors (Lipinski definition) is 0. The summed E-state index contributed by atoms with van der Waals surface area (Å²) in [4.78, 5) is 24.2. The van der Waals surface area contributed by atoms with Gasteiger partial charge in [-0.3, -0.25) is 4.79 Å². The predicted octanol–water partition coefficient (Wildman–Crippen LogP) is 2.97. The molecular formula is C19H26O4. The van der Waals surface area contributed by atoms with Crippen LogP contribution in [0.25, 0.3) is 0 Å². The second kappa shape index (κ2) is 5.35. The molecule has 0 aromatic heterocycles. The predicted molar refractivity (Wildman–Crippen MR) is 84.2 cm³/mol. The number of carbonyl (C=O) groups is 2. The molecule has 3 fully saturated rings. The average molecular weight is 318 g/mol. The van der Waals surface area contributed by atoms with E-state index in [1.165, 1.54) is 6.42 Å². The van der Waals surface area contributed by atoms with Gasteiger partial charge in [-0.15, -0.1) is 0 Å². The molecular weight excluding hydrogens is 292 g/mol. The number of carbonyl (C=O) groups excluding carboxylic acids is 2. The first-order valence-corrected chi connectivity index (χ1v) is 9.05. The lowest BCUT2D eigenvalue weighted by molar-refractivity contribution is -0.169. The number of fused-ring (bicyclic) bond motifs is 9. The van der Waals surface area contributed by atoms with Crippen LogP contribution in [0, 0.1) is 40.9 Å². The Bertz CT molecular complexity index is 554. The fourth-order valence-corrected chi connectivity index (χ4v) is 6.15. The number of esters is 2. The fraction of sp³-hybridized carbons (Fsp3) is 0.789. The van der Waals surface area contributed by atoms with E-state index >= 15 is 0 Å². The first-order chi connectivity index (χ1) is 11.0. The van der Waals surface area contributed by atoms with Gasteiger partial charge in [0.05, 0.1) is 12.0 Å². The Kier molecular flexibility index (Phi) is 3.54. The van der Waals surface area contributed by atoms with Crippen LogP contribution in [0.5, 0.6) is 0 Å². The topological polar surface area (TPSA) is 52.6 Å². The fourth-order valence-electron chi connectivity index (χ4n) is 6.15. The summed E-state index contributed by atoms with van der Waals surface area (Å²) in [5.74, 6) is 3.34. The van der Waals surface area contributed by atoms with Crippen molar-refractivity contribution in [1.29, 1.82) is 0 Å². The summed E-state index contributed by atoms with van der Waals surface area (Å²) in [6.45, 7) is 4.14. The third-order valence-corrected chi connectivity index (χ3v) is 6.91. The monoisotopic (exact) mass is 318 g/mol. The smallest absolute Gasteiger partial charge is 0.344 e. The van der Waals surface area contributed by atoms with Gasteiger partial charge >= 0.3 is 11.9 Å². The maximum Gasteiger partial charge on any atom is 0.344 e. The summed E-state index contributed by atoms with van der Waals surface area (Å²) in [5.41, 5.74) is -0.408. The van der Waals surface area contributed by atoms with Gasteiger partial charge in [0.25, 0.3) is 0 Å². The van der Waals surface area contributed by atoms with Gasteiger partial charge in [-0.05, 0) is 68.1 Å². The highest BCUT2D eigenvalue weighted by Crippen LogP contribution is 2.70. The normalized spacial score (nSPS) is 45.3. The molecule has 7 unspecified atom stereocenters. The molecule has 23 heavy (non-hydrogen) atoms. The average Bonchev–Trinajstić information content (AvgIpc) is 3.27. The third kappa shape index (κ3) is 2.17. The molecule has 7 atom stereocenters. The van der Waals surface area contributed by atoms with Crippen molar-refractivity contribution in [2.24, 2.45) is 40.9 Å². The largest absolute Gasteiger partial charge is 0.463 e. The van der Waals surface area contributed by atoms with Crippen molar-refractivity contribution in [3.63, 3.8) is 0 Å². The molecule has 0 radical (unpaired) electrons. The molecule has 0 N–H and O–H groups in total. The van der Waals surface area contributed by atoms with Gasteiger partial charge in [-0.2, -0.15) is 0 Å². The minimum atomic E-state index is -0.437. The molecule has 4 aliphatic rings. The van der Waals surface area contributed by atoms with E-state index < -0.39 is 11.4 Å². The SMILES string of the molecule is CCCOC(=O)COC(=O)C1(C)CC2CC1C1C3C=CC(C3)C21. The molecule has 0 aromatic carbocycles. The highest BCUT2D eigenvalue weighted by molar-refractivity contribution is 5.81. The van der Waals surface area contributed by atoms with E-state index in [9.17, 15) is 9.59 Å². The summed E-state index contributed by atoms with van der Waals surface area (Å²) in [5, 5.41) is 0. The van der Waals surface area contributed by atoms with Crippen LogP contribution in [0.3, 0.4) is 0 Å². The van der Waals surface area contributed by atoms with Crippen molar-refractivity contribution in [2.75, 3.05) is 13.2 Å². The Morgan fingerprint density at radius 1 is 1.13 bits per heavy atom. The lowest BCUT2D eigenvalue weighted by Crippen LogP contribution is -2.43. The van der Waals surface area contributed by atoms with Gasteiger partial charge in [0.1, 0.15) is 0 Å². The quantitative estimate of drug-likeness (QED) is 0.444. The summed E-state index contributed by atoms with van der Waals surface area (Å²) in [7, 11) is 0. The molecule has 0 heterocycles. The molecule has 0 amide bonds. The first kappa shape index (κ1) is 15.2. The van der Waals surface area contributed by atoms with E-state index in [1.807, 2.05) is 6.92 Å². The van der Waals surface area contributed by atoms with Crippen molar-refractivity contribution >= 4 is 11.9 Å². The van der Waals surface area contributed by atoms with Gasteiger partial charge in [0.15, 0.2) is 6.61 Å². The maximum atomic E-state index is 12.7. The standard InChI is InChI=1S/C19H26O4/c1-3-6-22-15(20)10-23-18(21)19(2)9-13-8-14(19)17-12-5-4-11(7-12)16(13)17/h4-5,11-14,16-17H,3,6-10H2,1-2H3. The summed E-state index contributed by atoms with van der Waals surface area (Å²) in [6, 6.07) is 0. The summed E-state index contributed by atoms with van der Waals surface area (Å²) in [6.07, 6.45) is 8.94. The first-order valence-electron chi connectivity index (χ1n) is 9.05. The molecule has 4 rings (SSSR count). The van der Waals surface area contributed by atoms with Crippen LogP contribution in [0.1, 0.15) is 39.5 Å². The summed E-state index contributed by atoms with van der Waals surface area (Å²) >= 11 is 0. The zero-order valence-electron chi connectivity index (χ0n) is 14.0. The maximum absolute atomic E-state index is 12.7. The van der Waals surface area contributed by atoms with Crippen LogP contribution in [0.4, 0.5) is 0 Å². The van der Waals surface area contributed by atoms with E-state index in [1.54, 1.807) is 0 Å². The van der Waals surface area contributed by atoms with Crippen molar-refractivity contribution in [3.8, 4) is 0 Å². The molecule has 126 valence electrons. The molecule has 3 saturated carbocycles. The molecule has 4 nitrogen and oxygen atoms in total. The Hall–Kier alpha value is -1.32. The van der Waals surface area contributed by atoms with Crippen molar-refractivity contribution < 1.29 is 19.1 Å². The van der Waals surface area contributed by atoms with Gasteiger partial charge < -0.3 is 9.47 Å². The van der Waals surface area contributed by atoms with Crippen molar-refractivity contribution in [1.82, 2.24) is 0 Å². The second-order valence-electron chi connectivity index (χ2n) is 8.12. The molecule has 0 aromatic rings. The number of allylic oxidation sites excluding steroid dienone is 2. The molecule has 0 saturated heterocycles. The Morgan fingerprint density at radius 2 is 1.87 bits per heavy atom. The molecule has 0 aliphatic heterocycles. The Morgan fingerprint density at radius 3 is 2.61 bits per heavy atom. The van der Waals surface area contributed by atoms with E-state index in [4.69, 9.17) is 9.47 Å². The van der Waals surface area contributed by atoms with E-state index in [-0.39, 0.29) is 12.6 Å². The minimum Gasteiger partial charge on any atom is -0.463 e. The van der Waals surface area contributed by atoms with Gasteiger partial charge in [0, 0.05) is 0 Å². The lowest BCUT2D eigenvalue weighted by atomic mass is 9.63. The molecule has 4 aliphatic carbocycles. The van der Waals surface area contributed by atoms with Gasteiger partial charge in [-0.25, -0.2) is 4.79 Å². The van der Waals surface area contributed by atoms with Crippen LogP contribution in [0.15, 0.2) is 12.2 Å². The number of hydrogen-bond acceptors (Lipinski definition) is 4. The van der Waals surface area contributed by atoms with Crippen LogP contribution in [0.2, 0.25) is 0 Å². The highest BCUT2D eigenvalue weighted by atomic mass is 16.6. The van der Waals surface area contributed by atoms with Crippen LogP contribution in [-0.2, 0) is 19.1 Å². The number of rotatable bonds is 5. The molecule has 0 spiro atoms. The highest BCUT2D eigenvalue weighted by Gasteiger charge is 2.67. The van der Waals surface area contributed by atoms with Gasteiger partial charge in [-0.1, -0.05) is 19.1 Å². The van der Waals surface area contributed by atoms with Gasteiger partial charge in [0.2, 0.25) is 0 Å². The molecule has 4 heteroatoms.